The van der Waals surface area contributed by atoms with Gasteiger partial charge in [-0.05, 0) is 0 Å². The number of alkyl halides is 2. The minimum absolute atomic E-state index is 0.0114. The number of amides is 3. The first-order chi connectivity index (χ1) is 18.2. The third-order valence-electron chi connectivity index (χ3n) is 5.75. The highest BCUT2D eigenvalue weighted by molar-refractivity contribution is 5.90. The molecule has 3 amide bonds. The number of halogens is 4. The molecule has 4 rings (SSSR count). The molecule has 0 bridgehead atoms. The Hall–Kier alpha value is -3.92. The van der Waals surface area contributed by atoms with Crippen LogP contribution in [0.25, 0.3) is 0 Å². The number of aromatic nitrogens is 1. The van der Waals surface area contributed by atoms with Crippen LogP contribution in [0.5, 0.6) is 0 Å². The number of hydrogen-bond donors (Lipinski definition) is 2. The predicted octanol–water partition coefficient (Wildman–Crippen LogP) is 1.03. The zero-order valence-corrected chi connectivity index (χ0v) is 19.9. The molecule has 2 fully saturated rings. The van der Waals surface area contributed by atoms with Crippen molar-refractivity contribution in [1.29, 1.82) is 0 Å². The molecule has 1 aromatic carbocycles. The molecule has 206 valence electrons. The number of hydroxylamine groups is 2. The number of nitrogens with one attached hydrogen (secondary N) is 2. The van der Waals surface area contributed by atoms with Crippen LogP contribution in [0, 0.1) is 11.6 Å². The van der Waals surface area contributed by atoms with Gasteiger partial charge in [0.15, 0.2) is 11.6 Å². The third-order valence-corrected chi connectivity index (χ3v) is 5.75. The molecule has 1 atom stereocenters. The van der Waals surface area contributed by atoms with Crippen LogP contribution < -0.4 is 20.4 Å². The highest BCUT2D eigenvalue weighted by atomic mass is 19.3. The van der Waals surface area contributed by atoms with E-state index in [0.717, 1.165) is 27.7 Å². The molecule has 2 aliphatic heterocycles. The van der Waals surface area contributed by atoms with Gasteiger partial charge in [-0.25, -0.2) is 18.6 Å². The number of hydrogen-bond acceptors (Lipinski definition) is 9. The van der Waals surface area contributed by atoms with Gasteiger partial charge >= 0.3 is 12.5 Å². The van der Waals surface area contributed by atoms with Gasteiger partial charge in [-0.2, -0.15) is 8.78 Å². The first kappa shape index (κ1) is 27.1. The summed E-state index contributed by atoms with van der Waals surface area (Å²) in [5.74, 6) is -3.81. The van der Waals surface area contributed by atoms with Gasteiger partial charge in [0.1, 0.15) is 18.1 Å². The van der Waals surface area contributed by atoms with Crippen LogP contribution in [0.15, 0.2) is 29.1 Å². The van der Waals surface area contributed by atoms with E-state index in [1.165, 1.54) is 17.4 Å². The first-order valence-electron chi connectivity index (χ1n) is 11.5. The molecular formula is C22H24F4N6O6. The molecule has 12 nitrogen and oxygen atoms in total. The maximum Gasteiger partial charge on any atom is 0.414 e. The van der Waals surface area contributed by atoms with E-state index in [1.54, 1.807) is 0 Å². The average Bonchev–Trinajstić information content (AvgIpc) is 3.45. The summed E-state index contributed by atoms with van der Waals surface area (Å²) in [4.78, 5) is 43.4. The number of anilines is 2. The minimum Gasteiger partial charge on any atom is -0.442 e. The second kappa shape index (κ2) is 12.1. The van der Waals surface area contributed by atoms with Crippen molar-refractivity contribution in [3.05, 3.63) is 41.8 Å². The Morgan fingerprint density at radius 3 is 2.61 bits per heavy atom. The van der Waals surface area contributed by atoms with E-state index in [2.05, 4.69) is 10.5 Å². The first-order valence-corrected chi connectivity index (χ1v) is 11.5. The highest BCUT2D eigenvalue weighted by Crippen LogP contribution is 2.31. The Bertz CT molecular complexity index is 1130. The third kappa shape index (κ3) is 6.49. The second-order valence-corrected chi connectivity index (χ2v) is 8.37. The summed E-state index contributed by atoms with van der Waals surface area (Å²) in [6.45, 7) is -0.0881. The smallest absolute Gasteiger partial charge is 0.414 e. The summed E-state index contributed by atoms with van der Waals surface area (Å²) >= 11 is 0. The number of benzene rings is 1. The average molecular weight is 544 g/mol. The van der Waals surface area contributed by atoms with Gasteiger partial charge in [-0.15, -0.1) is 0 Å². The molecule has 2 saturated heterocycles. The van der Waals surface area contributed by atoms with Crippen LogP contribution >= 0.6 is 0 Å². The SMILES string of the molecule is O=C(NC[C@H]1CN(c2cc(F)c(N3CCON(C(=O)CNCc4cnoc4)CC3)c(F)c2)C(=O)O1)C(F)F. The van der Waals surface area contributed by atoms with Crippen LogP contribution in [0.4, 0.5) is 33.7 Å². The fourth-order valence-electron chi connectivity index (χ4n) is 3.93. The number of carbonyl (C=O) groups excluding carboxylic acids is 3. The van der Waals surface area contributed by atoms with Crippen molar-refractivity contribution in [2.45, 2.75) is 19.1 Å². The Balaban J connectivity index is 1.34. The van der Waals surface area contributed by atoms with Crippen LogP contribution in [0.3, 0.4) is 0 Å². The lowest BCUT2D eigenvalue weighted by molar-refractivity contribution is -0.180. The lowest BCUT2D eigenvalue weighted by atomic mass is 10.2. The van der Waals surface area contributed by atoms with Crippen molar-refractivity contribution in [3.8, 4) is 0 Å². The Kier molecular flexibility index (Phi) is 8.62. The molecule has 16 heteroatoms. The molecule has 0 unspecified atom stereocenters. The Morgan fingerprint density at radius 2 is 1.92 bits per heavy atom. The summed E-state index contributed by atoms with van der Waals surface area (Å²) in [6.07, 6.45) is -2.20. The normalized spacial score (nSPS) is 18.1. The van der Waals surface area contributed by atoms with Gasteiger partial charge in [-0.3, -0.25) is 19.3 Å². The lowest BCUT2D eigenvalue weighted by Gasteiger charge is -2.24. The maximum absolute atomic E-state index is 15.1. The van der Waals surface area contributed by atoms with Crippen LogP contribution in [-0.4, -0.2) is 86.5 Å². The molecule has 3 heterocycles. The van der Waals surface area contributed by atoms with Gasteiger partial charge in [0.05, 0.1) is 44.7 Å². The van der Waals surface area contributed by atoms with Gasteiger partial charge in [0.25, 0.3) is 11.8 Å². The van der Waals surface area contributed by atoms with Crippen molar-refractivity contribution in [2.75, 3.05) is 55.7 Å². The van der Waals surface area contributed by atoms with Crippen molar-refractivity contribution in [2.24, 2.45) is 0 Å². The van der Waals surface area contributed by atoms with E-state index in [9.17, 15) is 23.2 Å². The molecule has 38 heavy (non-hydrogen) atoms. The number of rotatable bonds is 9. The molecule has 0 saturated carbocycles. The molecule has 1 aromatic heterocycles. The van der Waals surface area contributed by atoms with E-state index in [1.807, 2.05) is 5.32 Å². The van der Waals surface area contributed by atoms with Gasteiger partial charge in [-0.1, -0.05) is 5.16 Å². The molecule has 2 aliphatic rings. The lowest BCUT2D eigenvalue weighted by Crippen LogP contribution is -2.39. The van der Waals surface area contributed by atoms with Crippen molar-refractivity contribution in [1.82, 2.24) is 20.9 Å². The van der Waals surface area contributed by atoms with E-state index in [4.69, 9.17) is 14.1 Å². The number of carbonyl (C=O) groups is 3. The summed E-state index contributed by atoms with van der Waals surface area (Å²) in [5, 5.41) is 9.54. The zero-order chi connectivity index (χ0) is 27.2. The van der Waals surface area contributed by atoms with E-state index >= 15 is 8.78 Å². The second-order valence-electron chi connectivity index (χ2n) is 8.37. The molecule has 2 N–H and O–H groups in total. The van der Waals surface area contributed by atoms with Crippen LogP contribution in [0.2, 0.25) is 0 Å². The van der Waals surface area contributed by atoms with Crippen LogP contribution in [0.1, 0.15) is 5.56 Å². The van der Waals surface area contributed by atoms with Gasteiger partial charge < -0.3 is 24.8 Å². The standard InChI is InChI=1S/C22H24F4N6O6/c23-16-5-14(31-11-15(38-22(31)35)9-28-21(34)20(25)26)6-17(24)19(16)30-1-2-32(37-4-3-30)18(33)10-27-7-13-8-29-36-12-13/h5-6,8,12,15,20,27H,1-4,7,9-11H2,(H,28,34)/t15-/m0/s1. The molecule has 0 aliphatic carbocycles. The largest absolute Gasteiger partial charge is 0.442 e. The summed E-state index contributed by atoms with van der Waals surface area (Å²) in [5.41, 5.74) is 0.259. The highest BCUT2D eigenvalue weighted by Gasteiger charge is 2.34. The molecular weight excluding hydrogens is 520 g/mol. The van der Waals surface area contributed by atoms with E-state index in [0.29, 0.717) is 6.54 Å². The van der Waals surface area contributed by atoms with Crippen molar-refractivity contribution in [3.63, 3.8) is 0 Å². The maximum atomic E-state index is 15.1. The van der Waals surface area contributed by atoms with Gasteiger partial charge in [0, 0.05) is 37.3 Å². The minimum atomic E-state index is -3.23. The fraction of sp³-hybridized carbons (Fsp3) is 0.455. The Labute approximate surface area is 213 Å². The number of ether oxygens (including phenoxy) is 1. The molecule has 0 spiro atoms. The summed E-state index contributed by atoms with van der Waals surface area (Å²) in [6, 6.07) is 1.90. The summed E-state index contributed by atoms with van der Waals surface area (Å²) < 4.78 is 64.5. The van der Waals surface area contributed by atoms with E-state index < -0.39 is 36.2 Å². The Morgan fingerprint density at radius 1 is 1.16 bits per heavy atom. The fourth-order valence-corrected chi connectivity index (χ4v) is 3.93. The van der Waals surface area contributed by atoms with Gasteiger partial charge in [0.2, 0.25) is 0 Å². The van der Waals surface area contributed by atoms with Crippen molar-refractivity contribution < 1.29 is 46.0 Å². The predicted molar refractivity (Wildman–Crippen MR) is 121 cm³/mol. The topological polar surface area (TPSA) is 129 Å². The number of cyclic esters (lactones) is 1. The summed E-state index contributed by atoms with van der Waals surface area (Å²) in [7, 11) is 0. The van der Waals surface area contributed by atoms with E-state index in [-0.39, 0.29) is 63.2 Å². The number of nitrogens with zero attached hydrogens (tertiary/aromatic N) is 4. The zero-order valence-electron chi connectivity index (χ0n) is 19.9. The van der Waals surface area contributed by atoms with Crippen LogP contribution in [-0.2, 0) is 25.7 Å². The van der Waals surface area contributed by atoms with Crippen molar-refractivity contribution >= 4 is 29.3 Å². The molecule has 0 radical (unpaired) electrons. The monoisotopic (exact) mass is 544 g/mol. The molecule has 2 aromatic rings. The quantitative estimate of drug-likeness (QED) is 0.445.